The molecule has 3 aliphatic rings. The Hall–Kier alpha value is -1.88. The summed E-state index contributed by atoms with van der Waals surface area (Å²) in [6.07, 6.45) is 1.82. The predicted molar refractivity (Wildman–Crippen MR) is 91.4 cm³/mol. The first-order chi connectivity index (χ1) is 11.6. The van der Waals surface area contributed by atoms with E-state index in [1.807, 2.05) is 11.0 Å². The molecule has 0 saturated carbocycles. The molecular weight excluding hydrogens is 302 g/mol. The van der Waals surface area contributed by atoms with E-state index in [4.69, 9.17) is 0 Å². The highest BCUT2D eigenvalue weighted by molar-refractivity contribution is 5.80. The zero-order chi connectivity index (χ0) is 16.7. The average Bonchev–Trinajstić information content (AvgIpc) is 3.15. The van der Waals surface area contributed by atoms with Crippen LogP contribution < -0.4 is 10.6 Å². The van der Waals surface area contributed by atoms with E-state index in [-0.39, 0.29) is 23.8 Å². The number of carbonyl (C=O) groups excluding carboxylic acids is 2. The molecule has 0 unspecified atom stereocenters. The van der Waals surface area contributed by atoms with Gasteiger partial charge in [0.05, 0.1) is 6.04 Å². The molecule has 128 valence electrons. The summed E-state index contributed by atoms with van der Waals surface area (Å²) in [4.78, 5) is 26.5. The fourth-order valence-electron chi connectivity index (χ4n) is 4.66. The van der Waals surface area contributed by atoms with Crippen molar-refractivity contribution in [1.82, 2.24) is 15.5 Å². The van der Waals surface area contributed by atoms with Crippen LogP contribution in [0.15, 0.2) is 24.3 Å². The first-order valence-corrected chi connectivity index (χ1v) is 9.00. The van der Waals surface area contributed by atoms with Crippen molar-refractivity contribution in [3.63, 3.8) is 0 Å². The minimum Gasteiger partial charge on any atom is -0.349 e. The number of fused-ring (bicyclic) bond motifs is 3. The molecule has 0 bridgehead atoms. The van der Waals surface area contributed by atoms with Crippen molar-refractivity contribution in [2.24, 2.45) is 11.8 Å². The van der Waals surface area contributed by atoms with Gasteiger partial charge in [-0.15, -0.1) is 0 Å². The van der Waals surface area contributed by atoms with Crippen molar-refractivity contribution in [3.8, 4) is 0 Å². The Morgan fingerprint density at radius 2 is 1.83 bits per heavy atom. The average molecular weight is 327 g/mol. The van der Waals surface area contributed by atoms with Crippen LogP contribution in [-0.2, 0) is 9.59 Å². The van der Waals surface area contributed by atoms with Gasteiger partial charge in [0.15, 0.2) is 0 Å². The third-order valence-corrected chi connectivity index (χ3v) is 5.98. The molecule has 2 saturated heterocycles. The molecule has 1 aliphatic carbocycles. The SMILES string of the molecule is CC(=O)N1C[C@@H]2[C@H](NC(=O)C3CCNCC3)c3ccccc3[C@@H]2C1. The normalized spacial score (nSPS) is 29.2. The molecule has 2 heterocycles. The third-order valence-electron chi connectivity index (χ3n) is 5.98. The fraction of sp³-hybridized carbons (Fsp3) is 0.579. The van der Waals surface area contributed by atoms with E-state index in [1.54, 1.807) is 6.92 Å². The summed E-state index contributed by atoms with van der Waals surface area (Å²) in [6.45, 7) is 4.99. The van der Waals surface area contributed by atoms with Gasteiger partial charge in [-0.2, -0.15) is 0 Å². The quantitative estimate of drug-likeness (QED) is 0.864. The molecule has 4 rings (SSSR count). The molecule has 2 fully saturated rings. The number of nitrogens with one attached hydrogen (secondary N) is 2. The van der Waals surface area contributed by atoms with Crippen LogP contribution in [0, 0.1) is 11.8 Å². The summed E-state index contributed by atoms with van der Waals surface area (Å²) in [5.74, 6) is 1.08. The molecule has 2 N–H and O–H groups in total. The monoisotopic (exact) mass is 327 g/mol. The summed E-state index contributed by atoms with van der Waals surface area (Å²) < 4.78 is 0. The molecule has 0 radical (unpaired) electrons. The van der Waals surface area contributed by atoms with E-state index in [1.165, 1.54) is 11.1 Å². The highest BCUT2D eigenvalue weighted by atomic mass is 16.2. The van der Waals surface area contributed by atoms with Crippen molar-refractivity contribution < 1.29 is 9.59 Å². The standard InChI is InChI=1S/C19H25N3O2/c1-12(23)22-10-16-14-4-2-3-5-15(14)18(17(16)11-22)21-19(24)13-6-8-20-9-7-13/h2-5,13,16-18,20H,6-11H2,1H3,(H,21,24)/t16-,17-,18+/m0/s1. The van der Waals surface area contributed by atoms with E-state index in [0.717, 1.165) is 39.0 Å². The largest absolute Gasteiger partial charge is 0.349 e. The smallest absolute Gasteiger partial charge is 0.223 e. The Kier molecular flexibility index (Phi) is 4.04. The van der Waals surface area contributed by atoms with Gasteiger partial charge in [-0.05, 0) is 37.1 Å². The summed E-state index contributed by atoms with van der Waals surface area (Å²) in [5.41, 5.74) is 2.56. The van der Waals surface area contributed by atoms with Crippen LogP contribution in [0.5, 0.6) is 0 Å². The van der Waals surface area contributed by atoms with E-state index in [0.29, 0.717) is 11.8 Å². The number of carbonyl (C=O) groups is 2. The molecule has 1 aromatic carbocycles. The third kappa shape index (κ3) is 2.61. The zero-order valence-corrected chi connectivity index (χ0v) is 14.1. The van der Waals surface area contributed by atoms with Gasteiger partial charge in [-0.3, -0.25) is 9.59 Å². The van der Waals surface area contributed by atoms with Crippen molar-refractivity contribution in [2.45, 2.75) is 31.7 Å². The van der Waals surface area contributed by atoms with Crippen LogP contribution in [0.2, 0.25) is 0 Å². The lowest BCUT2D eigenvalue weighted by Crippen LogP contribution is -2.41. The predicted octanol–water partition coefficient (Wildman–Crippen LogP) is 1.42. The minimum absolute atomic E-state index is 0.0398. The van der Waals surface area contributed by atoms with Gasteiger partial charge in [-0.25, -0.2) is 0 Å². The summed E-state index contributed by atoms with van der Waals surface area (Å²) in [7, 11) is 0. The number of rotatable bonds is 2. The Balaban J connectivity index is 1.57. The van der Waals surface area contributed by atoms with Crippen LogP contribution in [-0.4, -0.2) is 42.9 Å². The Morgan fingerprint density at radius 3 is 2.54 bits per heavy atom. The Labute approximate surface area is 142 Å². The summed E-state index contributed by atoms with van der Waals surface area (Å²) in [5, 5.41) is 6.64. The van der Waals surface area contributed by atoms with Crippen molar-refractivity contribution in [2.75, 3.05) is 26.2 Å². The maximum Gasteiger partial charge on any atom is 0.223 e. The van der Waals surface area contributed by atoms with Crippen molar-refractivity contribution in [3.05, 3.63) is 35.4 Å². The molecule has 5 nitrogen and oxygen atoms in total. The number of nitrogens with zero attached hydrogens (tertiary/aromatic N) is 1. The summed E-state index contributed by atoms with van der Waals surface area (Å²) >= 11 is 0. The second kappa shape index (κ2) is 6.20. The van der Waals surface area contributed by atoms with Gasteiger partial charge < -0.3 is 15.5 Å². The summed E-state index contributed by atoms with van der Waals surface area (Å²) in [6, 6.07) is 8.44. The van der Waals surface area contributed by atoms with Gasteiger partial charge >= 0.3 is 0 Å². The van der Waals surface area contributed by atoms with Crippen LogP contribution in [0.3, 0.4) is 0 Å². The number of amides is 2. The lowest BCUT2D eigenvalue weighted by Gasteiger charge is -2.27. The van der Waals surface area contributed by atoms with Gasteiger partial charge in [0.1, 0.15) is 0 Å². The second-order valence-electron chi connectivity index (χ2n) is 7.33. The number of hydrogen-bond acceptors (Lipinski definition) is 3. The van der Waals surface area contributed by atoms with Crippen LogP contribution in [0.4, 0.5) is 0 Å². The molecular formula is C19H25N3O2. The molecule has 24 heavy (non-hydrogen) atoms. The van der Waals surface area contributed by atoms with E-state index in [2.05, 4.69) is 28.8 Å². The highest BCUT2D eigenvalue weighted by Gasteiger charge is 2.47. The maximum atomic E-state index is 12.7. The highest BCUT2D eigenvalue weighted by Crippen LogP contribution is 2.49. The van der Waals surface area contributed by atoms with Crippen LogP contribution >= 0.6 is 0 Å². The van der Waals surface area contributed by atoms with Gasteiger partial charge in [-0.1, -0.05) is 24.3 Å². The molecule has 2 aliphatic heterocycles. The van der Waals surface area contributed by atoms with Crippen LogP contribution in [0.25, 0.3) is 0 Å². The zero-order valence-electron chi connectivity index (χ0n) is 14.1. The van der Waals surface area contributed by atoms with Crippen LogP contribution in [0.1, 0.15) is 42.9 Å². The first-order valence-electron chi connectivity index (χ1n) is 9.00. The first kappa shape index (κ1) is 15.6. The topological polar surface area (TPSA) is 61.4 Å². The fourth-order valence-corrected chi connectivity index (χ4v) is 4.66. The molecule has 5 heteroatoms. The number of hydrogen-bond donors (Lipinski definition) is 2. The van der Waals surface area contributed by atoms with Crippen molar-refractivity contribution in [1.29, 1.82) is 0 Å². The second-order valence-corrected chi connectivity index (χ2v) is 7.33. The van der Waals surface area contributed by atoms with E-state index >= 15 is 0 Å². The van der Waals surface area contributed by atoms with E-state index in [9.17, 15) is 9.59 Å². The van der Waals surface area contributed by atoms with Crippen molar-refractivity contribution >= 4 is 11.8 Å². The Morgan fingerprint density at radius 1 is 1.12 bits per heavy atom. The Bertz CT molecular complexity index is 654. The molecule has 3 atom stereocenters. The van der Waals surface area contributed by atoms with Gasteiger partial charge in [0.25, 0.3) is 0 Å². The molecule has 0 spiro atoms. The molecule has 1 aromatic rings. The lowest BCUT2D eigenvalue weighted by molar-refractivity contribution is -0.128. The molecule has 2 amide bonds. The van der Waals surface area contributed by atoms with E-state index < -0.39 is 0 Å². The number of piperidine rings is 1. The maximum absolute atomic E-state index is 12.7. The number of likely N-dealkylation sites (tertiary alicyclic amines) is 1. The van der Waals surface area contributed by atoms with Gasteiger partial charge in [0.2, 0.25) is 11.8 Å². The minimum atomic E-state index is 0.0398. The molecule has 0 aromatic heterocycles. The number of benzene rings is 1. The van der Waals surface area contributed by atoms with Gasteiger partial charge in [0, 0.05) is 37.8 Å². The lowest BCUT2D eigenvalue weighted by atomic mass is 9.93.